The Morgan fingerprint density at radius 2 is 1.81 bits per heavy atom. The molecule has 144 valence electrons. The molecule has 0 heterocycles. The van der Waals surface area contributed by atoms with Crippen LogP contribution in [0.15, 0.2) is 24.3 Å². The zero-order chi connectivity index (χ0) is 19.3. The van der Waals surface area contributed by atoms with E-state index in [1.54, 1.807) is 0 Å². The molecule has 1 aromatic carbocycles. The molecule has 1 aliphatic carbocycles. The molecule has 5 heteroatoms. The van der Waals surface area contributed by atoms with Crippen molar-refractivity contribution in [1.82, 2.24) is 5.32 Å². The van der Waals surface area contributed by atoms with Crippen molar-refractivity contribution in [2.75, 3.05) is 13.2 Å². The Kier molecular flexibility index (Phi) is 6.68. The van der Waals surface area contributed by atoms with Crippen LogP contribution in [0.2, 0.25) is 0 Å². The zero-order valence-corrected chi connectivity index (χ0v) is 16.2. The number of rotatable bonds is 8. The fourth-order valence-electron chi connectivity index (χ4n) is 3.26. The van der Waals surface area contributed by atoms with E-state index in [2.05, 4.69) is 33.0 Å². The van der Waals surface area contributed by atoms with Crippen LogP contribution in [-0.2, 0) is 15.0 Å². The van der Waals surface area contributed by atoms with E-state index >= 15 is 0 Å². The van der Waals surface area contributed by atoms with Crippen LogP contribution in [0.5, 0.6) is 5.75 Å². The number of hydrogen-bond donors (Lipinski definition) is 2. The molecule has 26 heavy (non-hydrogen) atoms. The van der Waals surface area contributed by atoms with Crippen molar-refractivity contribution in [3.05, 3.63) is 29.8 Å². The minimum Gasteiger partial charge on any atom is -0.493 e. The maximum Gasteiger partial charge on any atom is 0.306 e. The highest BCUT2D eigenvalue weighted by Gasteiger charge is 2.34. The second-order valence-corrected chi connectivity index (χ2v) is 8.38. The number of ether oxygens (including phenoxy) is 1. The van der Waals surface area contributed by atoms with Crippen molar-refractivity contribution < 1.29 is 19.4 Å². The maximum absolute atomic E-state index is 12.4. The Morgan fingerprint density at radius 1 is 1.19 bits per heavy atom. The number of amides is 1. The average Bonchev–Trinajstić information content (AvgIpc) is 3.09. The fourth-order valence-corrected chi connectivity index (χ4v) is 3.26. The fraction of sp³-hybridized carbons (Fsp3) is 0.619. The van der Waals surface area contributed by atoms with E-state index in [4.69, 9.17) is 9.84 Å². The van der Waals surface area contributed by atoms with Crippen LogP contribution in [0.3, 0.4) is 0 Å². The number of carboxylic acid groups (broad SMARTS) is 1. The highest BCUT2D eigenvalue weighted by molar-refractivity contribution is 5.80. The highest BCUT2D eigenvalue weighted by Crippen LogP contribution is 2.31. The average molecular weight is 361 g/mol. The van der Waals surface area contributed by atoms with Crippen molar-refractivity contribution in [1.29, 1.82) is 0 Å². The first kappa shape index (κ1) is 20.3. The quantitative estimate of drug-likeness (QED) is 0.741. The lowest BCUT2D eigenvalue weighted by molar-refractivity contribution is -0.141. The molecule has 0 saturated heterocycles. The molecule has 1 fully saturated rings. The molecule has 0 spiro atoms. The van der Waals surface area contributed by atoms with E-state index in [0.29, 0.717) is 38.3 Å². The first-order chi connectivity index (χ1) is 12.2. The number of carboxylic acids is 1. The monoisotopic (exact) mass is 361 g/mol. The van der Waals surface area contributed by atoms with Crippen molar-refractivity contribution >= 4 is 11.9 Å². The SMILES string of the molecule is CC(C)COc1ccc(C(C)(C)CNC(=O)[C@@H]2CC[C@H](C(=O)O)C2)cc1. The maximum atomic E-state index is 12.4. The standard InChI is InChI=1S/C21H31NO4/c1-14(2)12-26-18-9-7-17(8-10-18)21(3,4)13-22-19(23)15-5-6-16(11-15)20(24)25/h7-10,14-16H,5-6,11-13H2,1-4H3,(H,22,23)(H,24,25)/t15-,16+/m1/s1. The van der Waals surface area contributed by atoms with Crippen molar-refractivity contribution in [3.8, 4) is 5.75 Å². The van der Waals surface area contributed by atoms with Gasteiger partial charge in [-0.15, -0.1) is 0 Å². The van der Waals surface area contributed by atoms with Gasteiger partial charge < -0.3 is 15.2 Å². The molecule has 0 bridgehead atoms. The molecule has 0 aliphatic heterocycles. The topological polar surface area (TPSA) is 75.6 Å². The predicted molar refractivity (Wildman–Crippen MR) is 101 cm³/mol. The summed E-state index contributed by atoms with van der Waals surface area (Å²) in [7, 11) is 0. The molecule has 1 saturated carbocycles. The third kappa shape index (κ3) is 5.48. The van der Waals surface area contributed by atoms with Gasteiger partial charge in [-0.3, -0.25) is 9.59 Å². The summed E-state index contributed by atoms with van der Waals surface area (Å²) in [6.45, 7) is 9.62. The van der Waals surface area contributed by atoms with E-state index in [-0.39, 0.29) is 23.2 Å². The minimum atomic E-state index is -0.791. The van der Waals surface area contributed by atoms with Gasteiger partial charge in [0.2, 0.25) is 5.91 Å². The van der Waals surface area contributed by atoms with Gasteiger partial charge in [0, 0.05) is 17.9 Å². The second kappa shape index (κ2) is 8.56. The first-order valence-corrected chi connectivity index (χ1v) is 9.43. The Labute approximate surface area is 156 Å². The number of hydrogen-bond acceptors (Lipinski definition) is 3. The van der Waals surface area contributed by atoms with Crippen molar-refractivity contribution in [2.24, 2.45) is 17.8 Å². The van der Waals surface area contributed by atoms with Crippen LogP contribution in [0.25, 0.3) is 0 Å². The summed E-state index contributed by atoms with van der Waals surface area (Å²) in [5.41, 5.74) is 0.918. The van der Waals surface area contributed by atoms with E-state index < -0.39 is 5.97 Å². The molecule has 1 aromatic rings. The molecule has 1 amide bonds. The molecule has 0 radical (unpaired) electrons. The molecule has 0 aromatic heterocycles. The number of aliphatic carboxylic acids is 1. The van der Waals surface area contributed by atoms with Crippen LogP contribution in [0, 0.1) is 17.8 Å². The lowest BCUT2D eigenvalue weighted by Gasteiger charge is -2.26. The molecule has 2 N–H and O–H groups in total. The molecular formula is C21H31NO4. The van der Waals surface area contributed by atoms with Crippen molar-refractivity contribution in [3.63, 3.8) is 0 Å². The largest absolute Gasteiger partial charge is 0.493 e. The Balaban J connectivity index is 1.87. The first-order valence-electron chi connectivity index (χ1n) is 9.43. The molecule has 2 rings (SSSR count). The van der Waals surface area contributed by atoms with E-state index in [9.17, 15) is 9.59 Å². The van der Waals surface area contributed by atoms with Gasteiger partial charge in [-0.2, -0.15) is 0 Å². The van der Waals surface area contributed by atoms with Gasteiger partial charge >= 0.3 is 5.97 Å². The molecule has 0 unspecified atom stereocenters. The third-order valence-corrected chi connectivity index (χ3v) is 5.08. The predicted octanol–water partition coefficient (Wildman–Crippen LogP) is 3.62. The van der Waals surface area contributed by atoms with E-state index in [1.165, 1.54) is 0 Å². The van der Waals surface area contributed by atoms with Gasteiger partial charge in [0.05, 0.1) is 12.5 Å². The normalized spacial score (nSPS) is 20.2. The number of carbonyl (C=O) groups excluding carboxylic acids is 1. The van der Waals surface area contributed by atoms with Crippen LogP contribution in [-0.4, -0.2) is 30.1 Å². The van der Waals surface area contributed by atoms with Crippen LogP contribution < -0.4 is 10.1 Å². The summed E-state index contributed by atoms with van der Waals surface area (Å²) >= 11 is 0. The zero-order valence-electron chi connectivity index (χ0n) is 16.2. The van der Waals surface area contributed by atoms with Gasteiger partial charge in [-0.1, -0.05) is 39.8 Å². The van der Waals surface area contributed by atoms with Gasteiger partial charge in [-0.25, -0.2) is 0 Å². The van der Waals surface area contributed by atoms with Gasteiger partial charge in [-0.05, 0) is 42.9 Å². The number of nitrogens with one attached hydrogen (secondary N) is 1. The van der Waals surface area contributed by atoms with Crippen LogP contribution in [0.1, 0.15) is 52.5 Å². The molecular weight excluding hydrogens is 330 g/mol. The third-order valence-electron chi connectivity index (χ3n) is 5.08. The molecule has 5 nitrogen and oxygen atoms in total. The van der Waals surface area contributed by atoms with E-state index in [0.717, 1.165) is 11.3 Å². The van der Waals surface area contributed by atoms with Gasteiger partial charge in [0.25, 0.3) is 0 Å². The summed E-state index contributed by atoms with van der Waals surface area (Å²) in [4.78, 5) is 23.4. The summed E-state index contributed by atoms with van der Waals surface area (Å²) < 4.78 is 5.71. The summed E-state index contributed by atoms with van der Waals surface area (Å²) in [5.74, 6) is -0.0411. The van der Waals surface area contributed by atoms with Crippen LogP contribution >= 0.6 is 0 Å². The summed E-state index contributed by atoms with van der Waals surface area (Å²) in [6, 6.07) is 8.01. The number of benzene rings is 1. The summed E-state index contributed by atoms with van der Waals surface area (Å²) in [5, 5.41) is 12.1. The lowest BCUT2D eigenvalue weighted by atomic mass is 9.84. The summed E-state index contributed by atoms with van der Waals surface area (Å²) in [6.07, 6.45) is 1.70. The van der Waals surface area contributed by atoms with Crippen molar-refractivity contribution in [2.45, 2.75) is 52.4 Å². The Hall–Kier alpha value is -2.04. The molecule has 2 atom stereocenters. The smallest absolute Gasteiger partial charge is 0.306 e. The second-order valence-electron chi connectivity index (χ2n) is 8.38. The van der Waals surface area contributed by atoms with Gasteiger partial charge in [0.15, 0.2) is 0 Å². The lowest BCUT2D eigenvalue weighted by Crippen LogP contribution is -2.39. The molecule has 1 aliphatic rings. The number of carbonyl (C=O) groups is 2. The van der Waals surface area contributed by atoms with Crippen LogP contribution in [0.4, 0.5) is 0 Å². The minimum absolute atomic E-state index is 0.0290. The Bertz CT molecular complexity index is 621. The highest BCUT2D eigenvalue weighted by atomic mass is 16.5. The Morgan fingerprint density at radius 3 is 2.35 bits per heavy atom. The van der Waals surface area contributed by atoms with E-state index in [1.807, 2.05) is 24.3 Å². The van der Waals surface area contributed by atoms with Gasteiger partial charge in [0.1, 0.15) is 5.75 Å².